The van der Waals surface area contributed by atoms with E-state index in [1.54, 1.807) is 7.11 Å². The summed E-state index contributed by atoms with van der Waals surface area (Å²) in [5, 5.41) is 0. The normalized spacial score (nSPS) is 22.5. The molecule has 100 valence electrons. The van der Waals surface area contributed by atoms with Crippen LogP contribution in [0.4, 0.5) is 0 Å². The molecule has 1 rings (SSSR count). The van der Waals surface area contributed by atoms with E-state index in [-0.39, 0.29) is 11.9 Å². The Hall–Kier alpha value is -0.610. The zero-order chi connectivity index (χ0) is 12.7. The lowest BCUT2D eigenvalue weighted by Crippen LogP contribution is -2.48. The van der Waals surface area contributed by atoms with Gasteiger partial charge in [0.25, 0.3) is 0 Å². The van der Waals surface area contributed by atoms with E-state index in [0.29, 0.717) is 5.92 Å². The number of unbranched alkanes of at least 4 members (excludes halogenated alkanes) is 1. The maximum Gasteiger partial charge on any atom is 0.239 e. The molecule has 0 aromatic heterocycles. The van der Waals surface area contributed by atoms with Crippen LogP contribution >= 0.6 is 0 Å². The molecule has 1 aliphatic rings. The fourth-order valence-electron chi connectivity index (χ4n) is 2.42. The second-order valence-electron chi connectivity index (χ2n) is 5.00. The van der Waals surface area contributed by atoms with Crippen molar-refractivity contribution in [3.05, 3.63) is 0 Å². The van der Waals surface area contributed by atoms with Crippen molar-refractivity contribution in [2.45, 2.75) is 45.1 Å². The molecule has 4 heteroatoms. The fourth-order valence-corrected chi connectivity index (χ4v) is 2.42. The van der Waals surface area contributed by atoms with Crippen LogP contribution in [0.25, 0.3) is 0 Å². The molecule has 17 heavy (non-hydrogen) atoms. The smallest absolute Gasteiger partial charge is 0.239 e. The van der Waals surface area contributed by atoms with E-state index >= 15 is 0 Å². The van der Waals surface area contributed by atoms with Crippen LogP contribution < -0.4 is 5.73 Å². The average Bonchev–Trinajstić information content (AvgIpc) is 2.35. The number of hydrogen-bond acceptors (Lipinski definition) is 3. The van der Waals surface area contributed by atoms with Crippen LogP contribution in [0.15, 0.2) is 0 Å². The SMILES string of the molecule is CCCCC(N)C(=O)N1CCCC(COC)C1. The number of ether oxygens (including phenoxy) is 1. The van der Waals surface area contributed by atoms with Gasteiger partial charge in [0.2, 0.25) is 5.91 Å². The highest BCUT2D eigenvalue weighted by Crippen LogP contribution is 2.17. The Kier molecular flexibility index (Phi) is 6.52. The van der Waals surface area contributed by atoms with Gasteiger partial charge in [-0.25, -0.2) is 0 Å². The van der Waals surface area contributed by atoms with E-state index in [9.17, 15) is 4.79 Å². The van der Waals surface area contributed by atoms with Crippen LogP contribution in [-0.2, 0) is 9.53 Å². The zero-order valence-corrected chi connectivity index (χ0v) is 11.2. The molecule has 0 aromatic rings. The Bertz CT molecular complexity index is 231. The molecule has 0 aliphatic carbocycles. The van der Waals surface area contributed by atoms with Gasteiger partial charge in [-0.15, -0.1) is 0 Å². The molecule has 0 bridgehead atoms. The molecule has 1 heterocycles. The van der Waals surface area contributed by atoms with Gasteiger partial charge in [0, 0.05) is 20.2 Å². The van der Waals surface area contributed by atoms with E-state index in [1.807, 2.05) is 4.90 Å². The number of amides is 1. The first-order chi connectivity index (χ1) is 8.19. The summed E-state index contributed by atoms with van der Waals surface area (Å²) in [6.07, 6.45) is 5.15. The summed E-state index contributed by atoms with van der Waals surface area (Å²) in [6.45, 7) is 4.53. The summed E-state index contributed by atoms with van der Waals surface area (Å²) in [5.41, 5.74) is 5.93. The highest BCUT2D eigenvalue weighted by molar-refractivity contribution is 5.81. The fraction of sp³-hybridized carbons (Fsp3) is 0.923. The standard InChI is InChI=1S/C13H26N2O2/c1-3-4-7-12(14)13(16)15-8-5-6-11(9-15)10-17-2/h11-12H,3-10,14H2,1-2H3. The van der Waals surface area contributed by atoms with Crippen molar-refractivity contribution in [2.75, 3.05) is 26.8 Å². The van der Waals surface area contributed by atoms with Crippen molar-refractivity contribution in [1.29, 1.82) is 0 Å². The molecule has 2 atom stereocenters. The van der Waals surface area contributed by atoms with E-state index in [4.69, 9.17) is 10.5 Å². The topological polar surface area (TPSA) is 55.6 Å². The molecular weight excluding hydrogens is 216 g/mol. The number of rotatable bonds is 6. The van der Waals surface area contributed by atoms with Gasteiger partial charge in [-0.2, -0.15) is 0 Å². The van der Waals surface area contributed by atoms with Crippen molar-refractivity contribution in [3.8, 4) is 0 Å². The third-order valence-electron chi connectivity index (χ3n) is 3.42. The predicted molar refractivity (Wildman–Crippen MR) is 68.7 cm³/mol. The summed E-state index contributed by atoms with van der Waals surface area (Å²) in [6, 6.07) is -0.309. The van der Waals surface area contributed by atoms with Crippen molar-refractivity contribution in [2.24, 2.45) is 11.7 Å². The number of piperidine rings is 1. The summed E-state index contributed by atoms with van der Waals surface area (Å²) >= 11 is 0. The monoisotopic (exact) mass is 242 g/mol. The third kappa shape index (κ3) is 4.64. The first-order valence-corrected chi connectivity index (χ1v) is 6.72. The summed E-state index contributed by atoms with van der Waals surface area (Å²) < 4.78 is 5.17. The van der Waals surface area contributed by atoms with Crippen LogP contribution in [0.1, 0.15) is 39.0 Å². The van der Waals surface area contributed by atoms with Crippen molar-refractivity contribution < 1.29 is 9.53 Å². The van der Waals surface area contributed by atoms with E-state index in [0.717, 1.165) is 51.8 Å². The maximum absolute atomic E-state index is 12.1. The Morgan fingerprint density at radius 2 is 2.35 bits per heavy atom. The molecule has 1 saturated heterocycles. The molecule has 0 aromatic carbocycles. The first-order valence-electron chi connectivity index (χ1n) is 6.72. The maximum atomic E-state index is 12.1. The highest BCUT2D eigenvalue weighted by Gasteiger charge is 2.26. The van der Waals surface area contributed by atoms with Crippen LogP contribution in [-0.4, -0.2) is 43.7 Å². The second kappa shape index (κ2) is 7.67. The van der Waals surface area contributed by atoms with Crippen LogP contribution in [0, 0.1) is 5.92 Å². The van der Waals surface area contributed by atoms with E-state index in [2.05, 4.69) is 6.92 Å². The molecule has 1 aliphatic heterocycles. The van der Waals surface area contributed by atoms with Crippen molar-refractivity contribution in [3.63, 3.8) is 0 Å². The van der Waals surface area contributed by atoms with Crippen molar-refractivity contribution >= 4 is 5.91 Å². The molecule has 2 N–H and O–H groups in total. The van der Waals surface area contributed by atoms with Gasteiger partial charge < -0.3 is 15.4 Å². The Morgan fingerprint density at radius 1 is 1.59 bits per heavy atom. The summed E-state index contributed by atoms with van der Waals surface area (Å²) in [5.74, 6) is 0.607. The minimum atomic E-state index is -0.309. The molecule has 0 radical (unpaired) electrons. The average molecular weight is 242 g/mol. The Balaban J connectivity index is 2.39. The Morgan fingerprint density at radius 3 is 3.00 bits per heavy atom. The Labute approximate surface area is 104 Å². The van der Waals surface area contributed by atoms with Gasteiger partial charge in [0.1, 0.15) is 0 Å². The highest BCUT2D eigenvalue weighted by atomic mass is 16.5. The third-order valence-corrected chi connectivity index (χ3v) is 3.42. The molecule has 4 nitrogen and oxygen atoms in total. The van der Waals surface area contributed by atoms with Gasteiger partial charge in [-0.3, -0.25) is 4.79 Å². The lowest BCUT2D eigenvalue weighted by molar-refractivity contribution is -0.135. The van der Waals surface area contributed by atoms with Gasteiger partial charge in [0.15, 0.2) is 0 Å². The van der Waals surface area contributed by atoms with Crippen LogP contribution in [0.3, 0.4) is 0 Å². The molecular formula is C13H26N2O2. The van der Waals surface area contributed by atoms with Crippen molar-refractivity contribution in [1.82, 2.24) is 4.90 Å². The first kappa shape index (κ1) is 14.5. The number of carbonyl (C=O) groups excluding carboxylic acids is 1. The number of nitrogens with two attached hydrogens (primary N) is 1. The van der Waals surface area contributed by atoms with Gasteiger partial charge in [-0.1, -0.05) is 19.8 Å². The molecule has 1 fully saturated rings. The number of hydrogen-bond donors (Lipinski definition) is 1. The van der Waals surface area contributed by atoms with Gasteiger partial charge >= 0.3 is 0 Å². The molecule has 1 amide bonds. The molecule has 2 unspecified atom stereocenters. The molecule has 0 spiro atoms. The quantitative estimate of drug-likeness (QED) is 0.765. The minimum Gasteiger partial charge on any atom is -0.384 e. The number of nitrogens with zero attached hydrogens (tertiary/aromatic N) is 1. The van der Waals surface area contributed by atoms with Gasteiger partial charge in [-0.05, 0) is 25.2 Å². The number of likely N-dealkylation sites (tertiary alicyclic amines) is 1. The predicted octanol–water partition coefficient (Wildman–Crippen LogP) is 1.39. The summed E-state index contributed by atoms with van der Waals surface area (Å²) in [4.78, 5) is 14.0. The largest absolute Gasteiger partial charge is 0.384 e. The van der Waals surface area contributed by atoms with Crippen LogP contribution in [0.5, 0.6) is 0 Å². The summed E-state index contributed by atoms with van der Waals surface area (Å²) in [7, 11) is 1.72. The van der Waals surface area contributed by atoms with Gasteiger partial charge in [0.05, 0.1) is 12.6 Å². The minimum absolute atomic E-state index is 0.124. The number of carbonyl (C=O) groups is 1. The second-order valence-corrected chi connectivity index (χ2v) is 5.00. The van der Waals surface area contributed by atoms with E-state index < -0.39 is 0 Å². The lowest BCUT2D eigenvalue weighted by Gasteiger charge is -2.34. The zero-order valence-electron chi connectivity index (χ0n) is 11.2. The van der Waals surface area contributed by atoms with E-state index in [1.165, 1.54) is 0 Å². The van der Waals surface area contributed by atoms with Crippen LogP contribution in [0.2, 0.25) is 0 Å². The lowest BCUT2D eigenvalue weighted by atomic mass is 9.98. The molecule has 0 saturated carbocycles. The number of methoxy groups -OCH3 is 1.